The SMILES string of the molecule is Cc1c(C(=O)NCC(C)(C)O)oc2ccc(Br)cc12. The molecule has 1 amide bonds. The third-order valence-corrected chi connectivity index (χ3v) is 3.28. The normalized spacial score (nSPS) is 11.8. The molecule has 0 aliphatic rings. The van der Waals surface area contributed by atoms with Crippen LogP contribution in [0.2, 0.25) is 0 Å². The van der Waals surface area contributed by atoms with Crippen molar-refractivity contribution in [3.05, 3.63) is 34.0 Å². The van der Waals surface area contributed by atoms with E-state index in [0.717, 1.165) is 15.4 Å². The van der Waals surface area contributed by atoms with Crippen LogP contribution in [-0.2, 0) is 0 Å². The van der Waals surface area contributed by atoms with Gasteiger partial charge in [0.2, 0.25) is 0 Å². The number of hydrogen-bond donors (Lipinski definition) is 2. The van der Waals surface area contributed by atoms with Gasteiger partial charge < -0.3 is 14.8 Å². The van der Waals surface area contributed by atoms with Gasteiger partial charge in [-0.25, -0.2) is 0 Å². The minimum atomic E-state index is -0.946. The number of furan rings is 1. The van der Waals surface area contributed by atoms with Crippen LogP contribution in [0.15, 0.2) is 27.1 Å². The van der Waals surface area contributed by atoms with Crippen LogP contribution in [0.4, 0.5) is 0 Å². The molecule has 102 valence electrons. The average molecular weight is 326 g/mol. The van der Waals surface area contributed by atoms with E-state index in [0.29, 0.717) is 5.58 Å². The Labute approximate surface area is 119 Å². The van der Waals surface area contributed by atoms with Gasteiger partial charge in [0.25, 0.3) is 5.91 Å². The Morgan fingerprint density at radius 2 is 2.16 bits per heavy atom. The lowest BCUT2D eigenvalue weighted by molar-refractivity contribution is 0.0681. The molecular weight excluding hydrogens is 310 g/mol. The van der Waals surface area contributed by atoms with E-state index < -0.39 is 5.60 Å². The molecule has 2 aromatic rings. The monoisotopic (exact) mass is 325 g/mol. The highest BCUT2D eigenvalue weighted by Crippen LogP contribution is 2.27. The number of rotatable bonds is 3. The summed E-state index contributed by atoms with van der Waals surface area (Å²) in [5.41, 5.74) is 0.525. The van der Waals surface area contributed by atoms with Crippen molar-refractivity contribution in [3.63, 3.8) is 0 Å². The van der Waals surface area contributed by atoms with Crippen molar-refractivity contribution in [2.75, 3.05) is 6.54 Å². The molecule has 1 aromatic heterocycles. The second kappa shape index (κ2) is 4.98. The van der Waals surface area contributed by atoms with Crippen LogP contribution in [0.5, 0.6) is 0 Å². The Hall–Kier alpha value is -1.33. The molecule has 0 bridgehead atoms. The van der Waals surface area contributed by atoms with Gasteiger partial charge in [-0.15, -0.1) is 0 Å². The van der Waals surface area contributed by atoms with Gasteiger partial charge in [0.1, 0.15) is 5.58 Å². The number of amides is 1. The molecule has 1 heterocycles. The first-order valence-electron chi connectivity index (χ1n) is 5.97. The molecule has 1 aromatic carbocycles. The van der Waals surface area contributed by atoms with Crippen molar-refractivity contribution in [3.8, 4) is 0 Å². The van der Waals surface area contributed by atoms with Crippen molar-refractivity contribution in [1.82, 2.24) is 5.32 Å². The van der Waals surface area contributed by atoms with Gasteiger partial charge in [-0.05, 0) is 39.0 Å². The number of fused-ring (bicyclic) bond motifs is 1. The molecule has 0 aliphatic carbocycles. The zero-order chi connectivity index (χ0) is 14.2. The van der Waals surface area contributed by atoms with Crippen molar-refractivity contribution >= 4 is 32.8 Å². The van der Waals surface area contributed by atoms with Gasteiger partial charge in [0, 0.05) is 22.0 Å². The fourth-order valence-corrected chi connectivity index (χ4v) is 2.15. The Morgan fingerprint density at radius 3 is 2.79 bits per heavy atom. The summed E-state index contributed by atoms with van der Waals surface area (Å²) in [6.45, 7) is 5.29. The second-order valence-electron chi connectivity index (χ2n) is 5.19. The topological polar surface area (TPSA) is 62.5 Å². The number of carbonyl (C=O) groups excluding carboxylic acids is 1. The number of aliphatic hydroxyl groups is 1. The maximum Gasteiger partial charge on any atom is 0.287 e. The molecule has 0 aliphatic heterocycles. The highest BCUT2D eigenvalue weighted by Gasteiger charge is 2.20. The first kappa shape index (κ1) is 14.1. The van der Waals surface area contributed by atoms with Gasteiger partial charge in [-0.2, -0.15) is 0 Å². The number of halogens is 1. The van der Waals surface area contributed by atoms with E-state index in [4.69, 9.17) is 4.42 Å². The maximum atomic E-state index is 12.0. The van der Waals surface area contributed by atoms with Crippen LogP contribution < -0.4 is 5.32 Å². The van der Waals surface area contributed by atoms with Gasteiger partial charge in [0.15, 0.2) is 5.76 Å². The molecule has 0 saturated heterocycles. The first-order valence-corrected chi connectivity index (χ1v) is 6.76. The Bertz CT molecular complexity index is 625. The van der Waals surface area contributed by atoms with Crippen LogP contribution in [0, 0.1) is 6.92 Å². The predicted molar refractivity (Wildman–Crippen MR) is 77.3 cm³/mol. The van der Waals surface area contributed by atoms with Gasteiger partial charge >= 0.3 is 0 Å². The fraction of sp³-hybridized carbons (Fsp3) is 0.357. The summed E-state index contributed by atoms with van der Waals surface area (Å²) in [5, 5.41) is 13.2. The van der Waals surface area contributed by atoms with Crippen molar-refractivity contribution < 1.29 is 14.3 Å². The highest BCUT2D eigenvalue weighted by molar-refractivity contribution is 9.10. The predicted octanol–water partition coefficient (Wildman–Crippen LogP) is 3.00. The van der Waals surface area contributed by atoms with Crippen molar-refractivity contribution in [2.45, 2.75) is 26.4 Å². The smallest absolute Gasteiger partial charge is 0.287 e. The Morgan fingerprint density at radius 1 is 1.47 bits per heavy atom. The Balaban J connectivity index is 2.30. The average Bonchev–Trinajstić information content (AvgIpc) is 2.63. The van der Waals surface area contributed by atoms with Crippen LogP contribution in [0.3, 0.4) is 0 Å². The quantitative estimate of drug-likeness (QED) is 0.911. The van der Waals surface area contributed by atoms with Crippen LogP contribution in [0.25, 0.3) is 11.0 Å². The van der Waals surface area contributed by atoms with Crippen molar-refractivity contribution in [2.24, 2.45) is 0 Å². The van der Waals surface area contributed by atoms with E-state index in [2.05, 4.69) is 21.2 Å². The molecule has 0 radical (unpaired) electrons. The summed E-state index contributed by atoms with van der Waals surface area (Å²) < 4.78 is 6.50. The van der Waals surface area contributed by atoms with Crippen molar-refractivity contribution in [1.29, 1.82) is 0 Å². The summed E-state index contributed by atoms with van der Waals surface area (Å²) in [6.07, 6.45) is 0. The number of carbonyl (C=O) groups is 1. The van der Waals surface area contributed by atoms with E-state index in [9.17, 15) is 9.90 Å². The van der Waals surface area contributed by atoms with E-state index in [1.807, 2.05) is 25.1 Å². The first-order chi connectivity index (χ1) is 8.78. The zero-order valence-electron chi connectivity index (χ0n) is 11.1. The van der Waals surface area contributed by atoms with Gasteiger partial charge in [-0.1, -0.05) is 15.9 Å². The lowest BCUT2D eigenvalue weighted by atomic mass is 10.1. The summed E-state index contributed by atoms with van der Waals surface area (Å²) in [4.78, 5) is 12.0. The molecular formula is C14H16BrNO3. The Kier molecular flexibility index (Phi) is 3.69. The molecule has 19 heavy (non-hydrogen) atoms. The number of aryl methyl sites for hydroxylation is 1. The molecule has 4 nitrogen and oxygen atoms in total. The lowest BCUT2D eigenvalue weighted by Gasteiger charge is -2.17. The van der Waals surface area contributed by atoms with E-state index >= 15 is 0 Å². The minimum Gasteiger partial charge on any atom is -0.451 e. The summed E-state index contributed by atoms with van der Waals surface area (Å²) in [6, 6.07) is 5.60. The number of benzene rings is 1. The molecule has 0 saturated carbocycles. The van der Waals surface area contributed by atoms with Crippen LogP contribution >= 0.6 is 15.9 Å². The summed E-state index contributed by atoms with van der Waals surface area (Å²) >= 11 is 3.39. The van der Waals surface area contributed by atoms with E-state index in [1.165, 1.54) is 0 Å². The van der Waals surface area contributed by atoms with Crippen LogP contribution in [0.1, 0.15) is 30.0 Å². The molecule has 0 unspecified atom stereocenters. The highest BCUT2D eigenvalue weighted by atomic mass is 79.9. The zero-order valence-corrected chi connectivity index (χ0v) is 12.7. The molecule has 0 atom stereocenters. The largest absolute Gasteiger partial charge is 0.451 e. The van der Waals surface area contributed by atoms with E-state index in [-0.39, 0.29) is 18.2 Å². The molecule has 2 N–H and O–H groups in total. The molecule has 0 fully saturated rings. The number of hydrogen-bond acceptors (Lipinski definition) is 3. The van der Waals surface area contributed by atoms with E-state index in [1.54, 1.807) is 13.8 Å². The third kappa shape index (κ3) is 3.16. The summed E-state index contributed by atoms with van der Waals surface area (Å²) in [7, 11) is 0. The minimum absolute atomic E-state index is 0.173. The van der Waals surface area contributed by atoms with Gasteiger partial charge in [-0.3, -0.25) is 4.79 Å². The molecule has 0 spiro atoms. The summed E-state index contributed by atoms with van der Waals surface area (Å²) in [5.74, 6) is -0.0238. The lowest BCUT2D eigenvalue weighted by Crippen LogP contribution is -2.38. The molecule has 2 rings (SSSR count). The second-order valence-corrected chi connectivity index (χ2v) is 6.11. The van der Waals surface area contributed by atoms with Crippen LogP contribution in [-0.4, -0.2) is 23.2 Å². The maximum absolute atomic E-state index is 12.0. The number of nitrogens with one attached hydrogen (secondary N) is 1. The standard InChI is InChI=1S/C14H16BrNO3/c1-8-10-6-9(15)4-5-11(10)19-12(8)13(17)16-7-14(2,3)18/h4-6,18H,7H2,1-3H3,(H,16,17). The molecule has 5 heteroatoms. The fourth-order valence-electron chi connectivity index (χ4n) is 1.79. The third-order valence-electron chi connectivity index (χ3n) is 2.79. The van der Waals surface area contributed by atoms with Gasteiger partial charge in [0.05, 0.1) is 5.60 Å².